The Morgan fingerprint density at radius 1 is 1.18 bits per heavy atom. The molecule has 0 atom stereocenters. The highest BCUT2D eigenvalue weighted by molar-refractivity contribution is 5.78. The number of hydrogen-bond acceptors (Lipinski definition) is 2. The fourth-order valence-corrected chi connectivity index (χ4v) is 1.99. The Kier molecular flexibility index (Phi) is 5.80. The lowest BCUT2D eigenvalue weighted by Gasteiger charge is -2.26. The van der Waals surface area contributed by atoms with Crippen molar-refractivity contribution in [1.29, 1.82) is 0 Å². The maximum absolute atomic E-state index is 12.1. The highest BCUT2D eigenvalue weighted by atomic mass is 16.2. The van der Waals surface area contributed by atoms with Gasteiger partial charge in [-0.05, 0) is 12.8 Å². The highest BCUT2D eigenvalue weighted by Crippen LogP contribution is 2.11. The molecule has 5 heteroatoms. The third-order valence-corrected chi connectivity index (χ3v) is 3.16. The Morgan fingerprint density at radius 2 is 1.76 bits per heavy atom. The van der Waals surface area contributed by atoms with Gasteiger partial charge in [-0.1, -0.05) is 12.8 Å². The highest BCUT2D eigenvalue weighted by Gasteiger charge is 2.19. The molecule has 0 aromatic carbocycles. The molecule has 5 nitrogen and oxygen atoms in total. The van der Waals surface area contributed by atoms with Crippen molar-refractivity contribution < 1.29 is 9.59 Å². The van der Waals surface area contributed by atoms with Gasteiger partial charge < -0.3 is 15.1 Å². The van der Waals surface area contributed by atoms with Crippen molar-refractivity contribution in [3.8, 4) is 0 Å². The fraction of sp³-hybridized carbons (Fsp3) is 0.833. The molecule has 1 fully saturated rings. The van der Waals surface area contributed by atoms with E-state index in [1.165, 1.54) is 12.8 Å². The summed E-state index contributed by atoms with van der Waals surface area (Å²) in [5.41, 5.74) is 0. The first-order valence-electron chi connectivity index (χ1n) is 6.35. The van der Waals surface area contributed by atoms with Gasteiger partial charge in [-0.15, -0.1) is 0 Å². The molecule has 0 aromatic heterocycles. The van der Waals surface area contributed by atoms with E-state index < -0.39 is 0 Å². The lowest BCUT2D eigenvalue weighted by atomic mass is 10.2. The van der Waals surface area contributed by atoms with Gasteiger partial charge in [0.1, 0.15) is 0 Å². The van der Waals surface area contributed by atoms with Gasteiger partial charge >= 0.3 is 6.03 Å². The predicted molar refractivity (Wildman–Crippen MR) is 66.8 cm³/mol. The van der Waals surface area contributed by atoms with E-state index in [4.69, 9.17) is 0 Å². The summed E-state index contributed by atoms with van der Waals surface area (Å²) in [6.45, 7) is 2.18. The van der Waals surface area contributed by atoms with Crippen molar-refractivity contribution in [3.63, 3.8) is 0 Å². The van der Waals surface area contributed by atoms with Crippen LogP contribution in [0.2, 0.25) is 0 Å². The molecule has 0 bridgehead atoms. The zero-order chi connectivity index (χ0) is 12.7. The van der Waals surface area contributed by atoms with Crippen LogP contribution in [0.4, 0.5) is 4.79 Å². The van der Waals surface area contributed by atoms with E-state index in [0.29, 0.717) is 13.0 Å². The van der Waals surface area contributed by atoms with Crippen molar-refractivity contribution in [2.45, 2.75) is 32.1 Å². The SMILES string of the molecule is CNC(=O)CCN(C)C(=O)N1CCCCCC1. The van der Waals surface area contributed by atoms with Crippen LogP contribution in [0.1, 0.15) is 32.1 Å². The summed E-state index contributed by atoms with van der Waals surface area (Å²) in [6, 6.07) is 0.0517. The van der Waals surface area contributed by atoms with Crippen LogP contribution in [-0.4, -0.2) is 55.5 Å². The zero-order valence-electron chi connectivity index (χ0n) is 10.9. The van der Waals surface area contributed by atoms with Gasteiger partial charge in [-0.3, -0.25) is 4.79 Å². The van der Waals surface area contributed by atoms with Crippen LogP contribution in [0.25, 0.3) is 0 Å². The number of amides is 3. The zero-order valence-corrected chi connectivity index (χ0v) is 10.9. The van der Waals surface area contributed by atoms with Gasteiger partial charge in [-0.25, -0.2) is 4.79 Å². The van der Waals surface area contributed by atoms with Gasteiger partial charge in [0.15, 0.2) is 0 Å². The monoisotopic (exact) mass is 241 g/mol. The summed E-state index contributed by atoms with van der Waals surface area (Å²) in [7, 11) is 3.37. The van der Waals surface area contributed by atoms with E-state index in [2.05, 4.69) is 5.32 Å². The molecule has 1 N–H and O–H groups in total. The minimum Gasteiger partial charge on any atom is -0.359 e. The average molecular weight is 241 g/mol. The molecule has 98 valence electrons. The number of carbonyl (C=O) groups excluding carboxylic acids is 2. The number of nitrogens with one attached hydrogen (secondary N) is 1. The normalized spacial score (nSPS) is 16.2. The van der Waals surface area contributed by atoms with Crippen molar-refractivity contribution in [3.05, 3.63) is 0 Å². The molecule has 0 spiro atoms. The molecule has 1 aliphatic rings. The molecule has 1 rings (SSSR count). The Bertz CT molecular complexity index is 260. The third-order valence-electron chi connectivity index (χ3n) is 3.16. The number of likely N-dealkylation sites (tertiary alicyclic amines) is 1. The van der Waals surface area contributed by atoms with Crippen molar-refractivity contribution in [1.82, 2.24) is 15.1 Å². The minimum absolute atomic E-state index is 0.0273. The van der Waals surface area contributed by atoms with Crippen LogP contribution in [0, 0.1) is 0 Å². The van der Waals surface area contributed by atoms with Crippen LogP contribution in [0.5, 0.6) is 0 Å². The fourth-order valence-electron chi connectivity index (χ4n) is 1.99. The summed E-state index contributed by atoms with van der Waals surface area (Å²) in [4.78, 5) is 26.7. The topological polar surface area (TPSA) is 52.7 Å². The predicted octanol–water partition coefficient (Wildman–Crippen LogP) is 1.05. The van der Waals surface area contributed by atoms with E-state index in [1.807, 2.05) is 4.90 Å². The summed E-state index contributed by atoms with van der Waals surface area (Å²) >= 11 is 0. The van der Waals surface area contributed by atoms with Crippen LogP contribution in [0.15, 0.2) is 0 Å². The number of hydrogen-bond donors (Lipinski definition) is 1. The first kappa shape index (κ1) is 13.8. The van der Waals surface area contributed by atoms with Gasteiger partial charge in [0.25, 0.3) is 0 Å². The number of carbonyl (C=O) groups is 2. The average Bonchev–Trinajstić information content (AvgIpc) is 2.63. The van der Waals surface area contributed by atoms with Gasteiger partial charge in [0, 0.05) is 40.2 Å². The Labute approximate surface area is 103 Å². The van der Waals surface area contributed by atoms with E-state index >= 15 is 0 Å². The number of nitrogens with zero attached hydrogens (tertiary/aromatic N) is 2. The van der Waals surface area contributed by atoms with Gasteiger partial charge in [0.2, 0.25) is 5.91 Å². The molecule has 0 saturated carbocycles. The first-order chi connectivity index (χ1) is 8.15. The second-order valence-electron chi connectivity index (χ2n) is 4.53. The second-order valence-corrected chi connectivity index (χ2v) is 4.53. The van der Waals surface area contributed by atoms with Gasteiger partial charge in [0.05, 0.1) is 0 Å². The minimum atomic E-state index is -0.0273. The first-order valence-corrected chi connectivity index (χ1v) is 6.35. The number of rotatable bonds is 3. The molecule has 0 unspecified atom stereocenters. The largest absolute Gasteiger partial charge is 0.359 e. The Balaban J connectivity index is 2.36. The lowest BCUT2D eigenvalue weighted by molar-refractivity contribution is -0.120. The maximum atomic E-state index is 12.1. The summed E-state index contributed by atoms with van der Waals surface area (Å²) < 4.78 is 0. The molecule has 0 radical (unpaired) electrons. The molecule has 1 heterocycles. The Hall–Kier alpha value is -1.26. The molecule has 1 saturated heterocycles. The van der Waals surface area contributed by atoms with Crippen molar-refractivity contribution >= 4 is 11.9 Å². The van der Waals surface area contributed by atoms with E-state index in [9.17, 15) is 9.59 Å². The van der Waals surface area contributed by atoms with Crippen LogP contribution >= 0.6 is 0 Å². The molecule has 0 aromatic rings. The molecule has 17 heavy (non-hydrogen) atoms. The summed E-state index contributed by atoms with van der Waals surface area (Å²) in [5.74, 6) is -0.0273. The quantitative estimate of drug-likeness (QED) is 0.803. The van der Waals surface area contributed by atoms with Crippen LogP contribution < -0.4 is 5.32 Å². The standard InChI is InChI=1S/C12H23N3O2/c1-13-11(16)7-10-14(2)12(17)15-8-5-3-4-6-9-15/h3-10H2,1-2H3,(H,13,16). The van der Waals surface area contributed by atoms with Crippen LogP contribution in [0.3, 0.4) is 0 Å². The Morgan fingerprint density at radius 3 is 2.29 bits per heavy atom. The lowest BCUT2D eigenvalue weighted by Crippen LogP contribution is -2.42. The van der Waals surface area contributed by atoms with E-state index in [1.54, 1.807) is 19.0 Å². The van der Waals surface area contributed by atoms with Crippen molar-refractivity contribution in [2.24, 2.45) is 0 Å². The summed E-state index contributed by atoms with van der Waals surface area (Å²) in [6.07, 6.45) is 4.98. The maximum Gasteiger partial charge on any atom is 0.319 e. The molecule has 0 aliphatic carbocycles. The van der Waals surface area contributed by atoms with Crippen molar-refractivity contribution in [2.75, 3.05) is 33.7 Å². The molecule has 3 amide bonds. The van der Waals surface area contributed by atoms with Gasteiger partial charge in [-0.2, -0.15) is 0 Å². The smallest absolute Gasteiger partial charge is 0.319 e. The number of urea groups is 1. The van der Waals surface area contributed by atoms with Crippen LogP contribution in [-0.2, 0) is 4.79 Å². The molecule has 1 aliphatic heterocycles. The molecular formula is C12H23N3O2. The van der Waals surface area contributed by atoms with E-state index in [0.717, 1.165) is 25.9 Å². The summed E-state index contributed by atoms with van der Waals surface area (Å²) in [5, 5.41) is 2.56. The second kappa shape index (κ2) is 7.14. The molecular weight excluding hydrogens is 218 g/mol. The third kappa shape index (κ3) is 4.63. The van der Waals surface area contributed by atoms with E-state index in [-0.39, 0.29) is 11.9 Å².